The van der Waals surface area contributed by atoms with Crippen molar-refractivity contribution in [2.75, 3.05) is 7.11 Å². The first kappa shape index (κ1) is 12.5. The second-order valence-corrected chi connectivity index (χ2v) is 4.40. The van der Waals surface area contributed by atoms with E-state index in [1.54, 1.807) is 12.1 Å². The molecule has 1 aromatic heterocycles. The first-order valence-electron chi connectivity index (χ1n) is 5.71. The number of esters is 1. The number of nitrogens with zero attached hydrogens (tertiary/aromatic N) is 1. The lowest BCUT2D eigenvalue weighted by Gasteiger charge is -2.11. The molecule has 0 spiro atoms. The molecular formula is C14H14FNO2. The number of carbonyl (C=O) groups is 1. The zero-order valence-corrected chi connectivity index (χ0v) is 10.5. The third-order valence-corrected chi connectivity index (χ3v) is 2.76. The number of halogens is 1. The highest BCUT2D eigenvalue weighted by Crippen LogP contribution is 2.23. The summed E-state index contributed by atoms with van der Waals surface area (Å²) >= 11 is 0. The minimum atomic E-state index is -0.447. The van der Waals surface area contributed by atoms with Gasteiger partial charge in [-0.25, -0.2) is 9.18 Å². The highest BCUT2D eigenvalue weighted by atomic mass is 19.1. The molecule has 0 fully saturated rings. The summed E-state index contributed by atoms with van der Waals surface area (Å²) in [5.74, 6) is -0.705. The van der Waals surface area contributed by atoms with Crippen molar-refractivity contribution in [3.8, 4) is 0 Å². The molecule has 94 valence electrons. The van der Waals surface area contributed by atoms with Gasteiger partial charge in [0.05, 0.1) is 23.9 Å². The predicted octanol–water partition coefficient (Wildman–Crippen LogP) is 3.28. The molecule has 0 saturated carbocycles. The summed E-state index contributed by atoms with van der Waals surface area (Å²) in [6, 6.07) is 5.96. The van der Waals surface area contributed by atoms with Crippen LogP contribution in [0.4, 0.5) is 4.39 Å². The monoisotopic (exact) mass is 247 g/mol. The van der Waals surface area contributed by atoms with Crippen LogP contribution in [0.25, 0.3) is 10.9 Å². The molecule has 0 bridgehead atoms. The number of carbonyl (C=O) groups excluding carboxylic acids is 1. The summed E-state index contributed by atoms with van der Waals surface area (Å²) in [6.07, 6.45) is 0. The molecule has 0 atom stereocenters. The standard InChI is InChI=1S/C14H14FNO2/c1-8(2)13-11(14(17)18-3)7-9-6-10(15)4-5-12(9)16-13/h4-8H,1-3H3. The van der Waals surface area contributed by atoms with Gasteiger partial charge in [0.25, 0.3) is 0 Å². The van der Waals surface area contributed by atoms with Crippen LogP contribution in [0.15, 0.2) is 24.3 Å². The number of pyridine rings is 1. The molecule has 3 nitrogen and oxygen atoms in total. The summed E-state index contributed by atoms with van der Waals surface area (Å²) in [5, 5.41) is 0.597. The van der Waals surface area contributed by atoms with Crippen LogP contribution < -0.4 is 0 Å². The second-order valence-electron chi connectivity index (χ2n) is 4.40. The molecular weight excluding hydrogens is 233 g/mol. The maximum Gasteiger partial charge on any atom is 0.339 e. The Morgan fingerprint density at radius 1 is 1.33 bits per heavy atom. The van der Waals surface area contributed by atoms with Gasteiger partial charge in [0.15, 0.2) is 0 Å². The number of rotatable bonds is 2. The third kappa shape index (κ3) is 2.18. The number of aromatic nitrogens is 1. The van der Waals surface area contributed by atoms with Crippen molar-refractivity contribution in [1.29, 1.82) is 0 Å². The van der Waals surface area contributed by atoms with Crippen LogP contribution in [0.1, 0.15) is 35.8 Å². The Labute approximate surface area is 105 Å². The number of hydrogen-bond acceptors (Lipinski definition) is 3. The Bertz CT molecular complexity index is 608. The van der Waals surface area contributed by atoms with Crippen molar-refractivity contribution in [2.24, 2.45) is 0 Å². The van der Waals surface area contributed by atoms with E-state index in [9.17, 15) is 9.18 Å². The van der Waals surface area contributed by atoms with Gasteiger partial charge in [-0.15, -0.1) is 0 Å². The number of benzene rings is 1. The molecule has 18 heavy (non-hydrogen) atoms. The lowest BCUT2D eigenvalue weighted by atomic mass is 10.0. The fourth-order valence-corrected chi connectivity index (χ4v) is 1.88. The molecule has 0 aliphatic carbocycles. The highest BCUT2D eigenvalue weighted by Gasteiger charge is 2.17. The number of hydrogen-bond donors (Lipinski definition) is 0. The lowest BCUT2D eigenvalue weighted by Crippen LogP contribution is -2.09. The summed E-state index contributed by atoms with van der Waals surface area (Å²) in [5.41, 5.74) is 1.74. The zero-order valence-electron chi connectivity index (χ0n) is 10.5. The van der Waals surface area contributed by atoms with E-state index in [0.717, 1.165) is 0 Å². The van der Waals surface area contributed by atoms with Crippen LogP contribution >= 0.6 is 0 Å². The second kappa shape index (κ2) is 4.72. The van der Waals surface area contributed by atoms with E-state index < -0.39 is 5.97 Å². The first-order chi connectivity index (χ1) is 8.52. The Hall–Kier alpha value is -1.97. The zero-order chi connectivity index (χ0) is 13.3. The molecule has 0 unspecified atom stereocenters. The van der Waals surface area contributed by atoms with E-state index >= 15 is 0 Å². The Morgan fingerprint density at radius 2 is 2.06 bits per heavy atom. The van der Waals surface area contributed by atoms with Gasteiger partial charge in [-0.05, 0) is 30.2 Å². The molecule has 0 saturated heterocycles. The minimum Gasteiger partial charge on any atom is -0.465 e. The SMILES string of the molecule is COC(=O)c1cc2cc(F)ccc2nc1C(C)C. The smallest absolute Gasteiger partial charge is 0.339 e. The molecule has 4 heteroatoms. The van der Waals surface area contributed by atoms with Crippen LogP contribution in [-0.2, 0) is 4.74 Å². The van der Waals surface area contributed by atoms with Gasteiger partial charge in [0.2, 0.25) is 0 Å². The van der Waals surface area contributed by atoms with Gasteiger partial charge in [-0.1, -0.05) is 13.8 Å². The van der Waals surface area contributed by atoms with Crippen molar-refractivity contribution in [2.45, 2.75) is 19.8 Å². The molecule has 2 rings (SSSR count). The highest BCUT2D eigenvalue weighted by molar-refractivity contribution is 5.95. The average molecular weight is 247 g/mol. The predicted molar refractivity (Wildman–Crippen MR) is 67.1 cm³/mol. The van der Waals surface area contributed by atoms with Crippen molar-refractivity contribution < 1.29 is 13.9 Å². The van der Waals surface area contributed by atoms with Crippen LogP contribution in [0.5, 0.6) is 0 Å². The van der Waals surface area contributed by atoms with E-state index in [-0.39, 0.29) is 11.7 Å². The lowest BCUT2D eigenvalue weighted by molar-refractivity contribution is 0.0598. The minimum absolute atomic E-state index is 0.0913. The Morgan fingerprint density at radius 3 is 2.67 bits per heavy atom. The van der Waals surface area contributed by atoms with Gasteiger partial charge in [0, 0.05) is 5.39 Å². The molecule has 1 heterocycles. The van der Waals surface area contributed by atoms with Crippen LogP contribution in [0, 0.1) is 5.82 Å². The quantitative estimate of drug-likeness (QED) is 0.764. The molecule has 0 aliphatic rings. The fourth-order valence-electron chi connectivity index (χ4n) is 1.88. The van der Waals surface area contributed by atoms with E-state index in [2.05, 4.69) is 4.98 Å². The van der Waals surface area contributed by atoms with Crippen molar-refractivity contribution in [3.63, 3.8) is 0 Å². The van der Waals surface area contributed by atoms with Gasteiger partial charge in [0.1, 0.15) is 5.82 Å². The van der Waals surface area contributed by atoms with Gasteiger partial charge < -0.3 is 4.74 Å². The molecule has 0 aliphatic heterocycles. The van der Waals surface area contributed by atoms with Crippen molar-refractivity contribution in [1.82, 2.24) is 4.98 Å². The molecule has 2 aromatic rings. The Kier molecular flexibility index (Phi) is 3.28. The van der Waals surface area contributed by atoms with E-state index in [1.807, 2.05) is 13.8 Å². The first-order valence-corrected chi connectivity index (χ1v) is 5.71. The molecule has 1 aromatic carbocycles. The van der Waals surface area contributed by atoms with Crippen molar-refractivity contribution in [3.05, 3.63) is 41.3 Å². The van der Waals surface area contributed by atoms with Crippen LogP contribution in [-0.4, -0.2) is 18.1 Å². The van der Waals surface area contributed by atoms with E-state index in [4.69, 9.17) is 4.74 Å². The Balaban J connectivity index is 2.72. The maximum absolute atomic E-state index is 13.2. The summed E-state index contributed by atoms with van der Waals surface area (Å²) < 4.78 is 17.9. The van der Waals surface area contributed by atoms with Gasteiger partial charge in [-0.3, -0.25) is 4.98 Å². The molecule has 0 radical (unpaired) electrons. The summed E-state index contributed by atoms with van der Waals surface area (Å²) in [6.45, 7) is 3.90. The average Bonchev–Trinajstić information content (AvgIpc) is 2.35. The van der Waals surface area contributed by atoms with Crippen molar-refractivity contribution >= 4 is 16.9 Å². The van der Waals surface area contributed by atoms with Gasteiger partial charge in [-0.2, -0.15) is 0 Å². The molecule has 0 N–H and O–H groups in total. The normalized spacial score (nSPS) is 10.9. The van der Waals surface area contributed by atoms with Crippen LogP contribution in [0.2, 0.25) is 0 Å². The maximum atomic E-state index is 13.2. The number of methoxy groups -OCH3 is 1. The number of ether oxygens (including phenoxy) is 1. The fraction of sp³-hybridized carbons (Fsp3) is 0.286. The largest absolute Gasteiger partial charge is 0.465 e. The summed E-state index contributed by atoms with van der Waals surface area (Å²) in [4.78, 5) is 16.1. The number of fused-ring (bicyclic) bond motifs is 1. The topological polar surface area (TPSA) is 39.2 Å². The van der Waals surface area contributed by atoms with E-state index in [1.165, 1.54) is 19.2 Å². The summed E-state index contributed by atoms with van der Waals surface area (Å²) in [7, 11) is 1.32. The molecule has 0 amide bonds. The van der Waals surface area contributed by atoms with Crippen LogP contribution in [0.3, 0.4) is 0 Å². The van der Waals surface area contributed by atoms with Gasteiger partial charge >= 0.3 is 5.97 Å². The van der Waals surface area contributed by atoms with E-state index in [0.29, 0.717) is 22.2 Å². The third-order valence-electron chi connectivity index (χ3n) is 2.76.